The van der Waals surface area contributed by atoms with E-state index < -0.39 is 18.8 Å². The van der Waals surface area contributed by atoms with Gasteiger partial charge in [0.25, 0.3) is 5.91 Å². The van der Waals surface area contributed by atoms with Crippen LogP contribution in [0, 0.1) is 5.92 Å². The number of alkyl halides is 3. The average molecular weight is 474 g/mol. The highest BCUT2D eigenvalue weighted by Gasteiger charge is 2.31. The lowest BCUT2D eigenvalue weighted by atomic mass is 10.0. The van der Waals surface area contributed by atoms with Crippen LogP contribution in [-0.4, -0.2) is 86.4 Å². The quantitative estimate of drug-likeness (QED) is 0.501. The average Bonchev–Trinajstić information content (AvgIpc) is 2.77. The van der Waals surface area contributed by atoms with E-state index in [0.29, 0.717) is 57.1 Å². The second-order valence-electron chi connectivity index (χ2n) is 8.34. The number of rotatable bonds is 11. The number of carbonyl (C=O) groups is 2. The van der Waals surface area contributed by atoms with Gasteiger partial charge in [0.15, 0.2) is 0 Å². The van der Waals surface area contributed by atoms with Crippen LogP contribution < -0.4 is 10.1 Å². The molecule has 0 radical (unpaired) electrons. The van der Waals surface area contributed by atoms with E-state index in [1.807, 2.05) is 20.8 Å². The fraction of sp³-hybridized carbons (Fsp3) is 0.652. The van der Waals surface area contributed by atoms with E-state index in [9.17, 15) is 22.8 Å². The highest BCUT2D eigenvalue weighted by molar-refractivity contribution is 5.97. The summed E-state index contributed by atoms with van der Waals surface area (Å²) in [6, 6.07) is 6.13. The van der Waals surface area contributed by atoms with Crippen molar-refractivity contribution in [3.63, 3.8) is 0 Å². The zero-order valence-electron chi connectivity index (χ0n) is 19.5. The Morgan fingerprint density at radius 3 is 2.27 bits per heavy atom. The number of nitrogens with one attached hydrogen (secondary N) is 1. The minimum atomic E-state index is -4.30. The minimum Gasteiger partial charge on any atom is -0.494 e. The van der Waals surface area contributed by atoms with Gasteiger partial charge in [0.05, 0.1) is 6.61 Å². The standard InChI is InChI=1S/C23H34F3N3O4/c1-4-33-19-8-6-18(7-9-19)21(30)27-20(17(2)3)22(31)29-13-11-28(12-14-29)10-5-15-32-16-23(24,25)26/h6-9,17,20H,4-5,10-16H2,1-3H3,(H,27,30). The highest BCUT2D eigenvalue weighted by atomic mass is 19.4. The van der Waals surface area contributed by atoms with Crippen LogP contribution in [0.15, 0.2) is 24.3 Å². The molecular formula is C23H34F3N3O4. The summed E-state index contributed by atoms with van der Waals surface area (Å²) in [5.41, 5.74) is 0.453. The van der Waals surface area contributed by atoms with E-state index in [4.69, 9.17) is 4.74 Å². The molecule has 0 aliphatic carbocycles. The van der Waals surface area contributed by atoms with Crippen molar-refractivity contribution in [1.29, 1.82) is 0 Å². The second kappa shape index (κ2) is 12.8. The maximum absolute atomic E-state index is 13.1. The molecule has 0 bridgehead atoms. The topological polar surface area (TPSA) is 71.1 Å². The number of benzene rings is 1. The largest absolute Gasteiger partial charge is 0.494 e. The molecule has 1 saturated heterocycles. The Morgan fingerprint density at radius 1 is 1.09 bits per heavy atom. The maximum atomic E-state index is 13.1. The molecule has 0 spiro atoms. The Labute approximate surface area is 193 Å². The first-order valence-corrected chi connectivity index (χ1v) is 11.3. The van der Waals surface area contributed by atoms with Crippen LogP contribution in [0.25, 0.3) is 0 Å². The number of hydrogen-bond acceptors (Lipinski definition) is 5. The molecule has 10 heteroatoms. The van der Waals surface area contributed by atoms with Gasteiger partial charge in [0.1, 0.15) is 18.4 Å². The van der Waals surface area contributed by atoms with Crippen LogP contribution in [0.1, 0.15) is 37.6 Å². The lowest BCUT2D eigenvalue weighted by molar-refractivity contribution is -0.174. The monoisotopic (exact) mass is 473 g/mol. The lowest BCUT2D eigenvalue weighted by Gasteiger charge is -2.37. The van der Waals surface area contributed by atoms with Gasteiger partial charge in [-0.15, -0.1) is 0 Å². The molecule has 33 heavy (non-hydrogen) atoms. The molecule has 1 aromatic rings. The summed E-state index contributed by atoms with van der Waals surface area (Å²) in [7, 11) is 0. The van der Waals surface area contributed by atoms with Gasteiger partial charge in [0, 0.05) is 44.9 Å². The summed E-state index contributed by atoms with van der Waals surface area (Å²) in [5, 5.41) is 2.86. The molecule has 1 fully saturated rings. The predicted molar refractivity (Wildman–Crippen MR) is 118 cm³/mol. The Hall–Kier alpha value is -2.33. The first-order valence-electron chi connectivity index (χ1n) is 11.3. The fourth-order valence-corrected chi connectivity index (χ4v) is 3.57. The van der Waals surface area contributed by atoms with Crippen molar-refractivity contribution in [3.8, 4) is 5.75 Å². The van der Waals surface area contributed by atoms with Crippen LogP contribution in [0.5, 0.6) is 5.75 Å². The van der Waals surface area contributed by atoms with Gasteiger partial charge in [0.2, 0.25) is 5.91 Å². The van der Waals surface area contributed by atoms with E-state index in [-0.39, 0.29) is 24.3 Å². The Kier molecular flexibility index (Phi) is 10.4. The molecule has 2 amide bonds. The molecule has 2 rings (SSSR count). The van der Waals surface area contributed by atoms with E-state index in [2.05, 4.69) is 15.0 Å². The summed E-state index contributed by atoms with van der Waals surface area (Å²) >= 11 is 0. The smallest absolute Gasteiger partial charge is 0.411 e. The SMILES string of the molecule is CCOc1ccc(C(=O)NC(C(=O)N2CCN(CCCOCC(F)(F)F)CC2)C(C)C)cc1. The van der Waals surface area contributed by atoms with Crippen molar-refractivity contribution in [2.24, 2.45) is 5.92 Å². The summed E-state index contributed by atoms with van der Waals surface area (Å²) in [5.74, 6) is 0.142. The predicted octanol–water partition coefficient (Wildman–Crippen LogP) is 2.95. The third kappa shape index (κ3) is 9.21. The van der Waals surface area contributed by atoms with Gasteiger partial charge in [-0.3, -0.25) is 14.5 Å². The van der Waals surface area contributed by atoms with Gasteiger partial charge in [-0.05, 0) is 43.5 Å². The van der Waals surface area contributed by atoms with E-state index in [1.165, 1.54) is 0 Å². The van der Waals surface area contributed by atoms with Crippen LogP contribution >= 0.6 is 0 Å². The van der Waals surface area contributed by atoms with Crippen LogP contribution in [0.4, 0.5) is 13.2 Å². The Morgan fingerprint density at radius 2 is 1.73 bits per heavy atom. The van der Waals surface area contributed by atoms with Crippen molar-refractivity contribution >= 4 is 11.8 Å². The van der Waals surface area contributed by atoms with Crippen molar-refractivity contribution in [1.82, 2.24) is 15.1 Å². The Bertz CT molecular complexity index is 748. The number of amides is 2. The lowest BCUT2D eigenvalue weighted by Crippen LogP contribution is -2.56. The van der Waals surface area contributed by atoms with Crippen LogP contribution in [0.2, 0.25) is 0 Å². The molecule has 186 valence electrons. The third-order valence-electron chi connectivity index (χ3n) is 5.36. The van der Waals surface area contributed by atoms with Gasteiger partial charge in [-0.1, -0.05) is 13.8 Å². The van der Waals surface area contributed by atoms with Crippen molar-refractivity contribution < 1.29 is 32.2 Å². The highest BCUT2D eigenvalue weighted by Crippen LogP contribution is 2.16. The molecule has 0 saturated carbocycles. The number of halogens is 3. The van der Waals surface area contributed by atoms with E-state index in [0.717, 1.165) is 0 Å². The van der Waals surface area contributed by atoms with Crippen LogP contribution in [-0.2, 0) is 9.53 Å². The number of piperazine rings is 1. The molecule has 1 atom stereocenters. The minimum absolute atomic E-state index is 0.0473. The summed E-state index contributed by atoms with van der Waals surface area (Å²) in [4.78, 5) is 29.6. The Balaban J connectivity index is 1.81. The zero-order chi connectivity index (χ0) is 24.4. The van der Waals surface area contributed by atoms with Gasteiger partial charge in [-0.2, -0.15) is 13.2 Å². The molecule has 1 N–H and O–H groups in total. The molecule has 1 aliphatic heterocycles. The van der Waals surface area contributed by atoms with Crippen LogP contribution in [0.3, 0.4) is 0 Å². The summed E-state index contributed by atoms with van der Waals surface area (Å²) in [6.45, 7) is 7.89. The molecule has 1 unspecified atom stereocenters. The molecular weight excluding hydrogens is 439 g/mol. The molecule has 1 aromatic carbocycles. The number of carbonyl (C=O) groups excluding carboxylic acids is 2. The van der Waals surface area contributed by atoms with Crippen molar-refractivity contribution in [2.45, 2.75) is 39.4 Å². The molecule has 7 nitrogen and oxygen atoms in total. The van der Waals surface area contributed by atoms with Gasteiger partial charge in [-0.25, -0.2) is 0 Å². The van der Waals surface area contributed by atoms with Gasteiger partial charge < -0.3 is 19.7 Å². The van der Waals surface area contributed by atoms with Crippen molar-refractivity contribution in [2.75, 3.05) is 52.5 Å². The van der Waals surface area contributed by atoms with E-state index in [1.54, 1.807) is 29.2 Å². The number of ether oxygens (including phenoxy) is 2. The molecule has 1 aliphatic rings. The maximum Gasteiger partial charge on any atom is 0.411 e. The van der Waals surface area contributed by atoms with E-state index >= 15 is 0 Å². The second-order valence-corrected chi connectivity index (χ2v) is 8.34. The molecule has 0 aromatic heterocycles. The third-order valence-corrected chi connectivity index (χ3v) is 5.36. The first-order chi connectivity index (χ1) is 15.6. The normalized spacial score (nSPS) is 16.0. The van der Waals surface area contributed by atoms with Gasteiger partial charge >= 0.3 is 6.18 Å². The molecule has 1 heterocycles. The number of nitrogens with zero attached hydrogens (tertiary/aromatic N) is 2. The fourth-order valence-electron chi connectivity index (χ4n) is 3.57. The van der Waals surface area contributed by atoms with Crippen molar-refractivity contribution in [3.05, 3.63) is 29.8 Å². The zero-order valence-corrected chi connectivity index (χ0v) is 19.5. The summed E-state index contributed by atoms with van der Waals surface area (Å²) < 4.78 is 46.3. The first kappa shape index (κ1) is 26.9. The summed E-state index contributed by atoms with van der Waals surface area (Å²) in [6.07, 6.45) is -3.81. The number of hydrogen-bond donors (Lipinski definition) is 1.